The molecule has 92 valence electrons. The van der Waals surface area contributed by atoms with Crippen LogP contribution in [0.25, 0.3) is 0 Å². The zero-order valence-electron chi connectivity index (χ0n) is 9.80. The number of aryl methyl sites for hydroxylation is 1. The molecule has 0 amide bonds. The van der Waals surface area contributed by atoms with Gasteiger partial charge in [-0.1, -0.05) is 12.0 Å². The Kier molecular flexibility index (Phi) is 3.38. The Balaban J connectivity index is 1.92. The van der Waals surface area contributed by atoms with Crippen LogP contribution in [-0.2, 0) is 13.0 Å². The number of hydrogen-bond acceptors (Lipinski definition) is 7. The lowest BCUT2D eigenvalue weighted by atomic mass is 10.4. The molecular formula is C10H15N5O2. The van der Waals surface area contributed by atoms with Gasteiger partial charge in [0.15, 0.2) is 0 Å². The highest BCUT2D eigenvalue weighted by Crippen LogP contribution is 2.12. The highest BCUT2D eigenvalue weighted by molar-refractivity contribution is 5.17. The summed E-state index contributed by atoms with van der Waals surface area (Å²) in [5.74, 6) is 1.83. The first-order valence-electron chi connectivity index (χ1n) is 5.45. The van der Waals surface area contributed by atoms with Gasteiger partial charge in [0, 0.05) is 6.42 Å². The number of anilines is 1. The molecule has 0 radical (unpaired) electrons. The Morgan fingerprint density at radius 1 is 1.41 bits per heavy atom. The summed E-state index contributed by atoms with van der Waals surface area (Å²) in [7, 11) is 0. The van der Waals surface area contributed by atoms with Crippen LogP contribution in [0.15, 0.2) is 15.0 Å². The molecule has 0 bridgehead atoms. The molecule has 0 aromatic carbocycles. The Hall–Kier alpha value is -1.89. The predicted molar refractivity (Wildman–Crippen MR) is 60.1 cm³/mol. The molecule has 7 nitrogen and oxygen atoms in total. The minimum atomic E-state index is -0.272. The number of aromatic nitrogens is 3. The number of hydrogen-bond donors (Lipinski definition) is 2. The van der Waals surface area contributed by atoms with Crippen molar-refractivity contribution < 1.29 is 8.83 Å². The van der Waals surface area contributed by atoms with Crippen LogP contribution in [-0.4, -0.2) is 15.2 Å². The smallest absolute Gasteiger partial charge is 0.315 e. The molecule has 2 aromatic heterocycles. The summed E-state index contributed by atoms with van der Waals surface area (Å²) in [6.45, 7) is 4.18. The first-order valence-corrected chi connectivity index (χ1v) is 5.45. The molecule has 2 aromatic rings. The van der Waals surface area contributed by atoms with E-state index in [-0.39, 0.29) is 6.04 Å². The van der Waals surface area contributed by atoms with Crippen LogP contribution in [0.2, 0.25) is 0 Å². The molecule has 0 aliphatic heterocycles. The number of nitrogens with two attached hydrogens (primary N) is 1. The van der Waals surface area contributed by atoms with E-state index in [2.05, 4.69) is 20.5 Å². The van der Waals surface area contributed by atoms with Gasteiger partial charge in [-0.15, -0.1) is 5.10 Å². The van der Waals surface area contributed by atoms with E-state index < -0.39 is 0 Å². The molecule has 0 aliphatic carbocycles. The van der Waals surface area contributed by atoms with Crippen molar-refractivity contribution in [1.29, 1.82) is 0 Å². The van der Waals surface area contributed by atoms with E-state index in [0.29, 0.717) is 24.3 Å². The van der Waals surface area contributed by atoms with E-state index in [4.69, 9.17) is 14.6 Å². The summed E-state index contributed by atoms with van der Waals surface area (Å²) in [4.78, 5) is 4.10. The molecule has 0 fully saturated rings. The molecule has 0 spiro atoms. The minimum absolute atomic E-state index is 0.272. The predicted octanol–water partition coefficient (Wildman–Crippen LogP) is 1.25. The molecule has 17 heavy (non-hydrogen) atoms. The van der Waals surface area contributed by atoms with Crippen LogP contribution in [0.1, 0.15) is 37.4 Å². The van der Waals surface area contributed by atoms with Crippen LogP contribution >= 0.6 is 0 Å². The summed E-state index contributed by atoms with van der Waals surface area (Å²) in [6, 6.07) is 0.0417. The average molecular weight is 237 g/mol. The standard InChI is InChI=1S/C10H15N5O2/c1-3-7-4-12-8(16-7)5-13-10-15-14-9(17-10)6(2)11/h4,6H,3,5,11H2,1-2H3,(H,13,15). The average Bonchev–Trinajstić information content (AvgIpc) is 2.95. The summed E-state index contributed by atoms with van der Waals surface area (Å²) >= 11 is 0. The molecule has 0 saturated carbocycles. The highest BCUT2D eigenvalue weighted by atomic mass is 16.4. The van der Waals surface area contributed by atoms with Crippen molar-refractivity contribution in [2.45, 2.75) is 32.9 Å². The Bertz CT molecular complexity index is 477. The third kappa shape index (κ3) is 2.82. The Morgan fingerprint density at radius 2 is 2.24 bits per heavy atom. The third-order valence-corrected chi connectivity index (χ3v) is 2.17. The normalized spacial score (nSPS) is 12.6. The van der Waals surface area contributed by atoms with Gasteiger partial charge in [-0.25, -0.2) is 4.98 Å². The van der Waals surface area contributed by atoms with Crippen molar-refractivity contribution in [2.24, 2.45) is 5.73 Å². The van der Waals surface area contributed by atoms with Gasteiger partial charge in [0.2, 0.25) is 11.8 Å². The number of nitrogens with one attached hydrogen (secondary N) is 1. The van der Waals surface area contributed by atoms with E-state index >= 15 is 0 Å². The minimum Gasteiger partial charge on any atom is -0.444 e. The molecule has 7 heteroatoms. The second-order valence-corrected chi connectivity index (χ2v) is 3.66. The molecule has 0 aliphatic rings. The van der Waals surface area contributed by atoms with Gasteiger partial charge < -0.3 is 19.9 Å². The molecule has 1 unspecified atom stereocenters. The van der Waals surface area contributed by atoms with E-state index in [0.717, 1.165) is 12.2 Å². The van der Waals surface area contributed by atoms with Crippen LogP contribution in [0.3, 0.4) is 0 Å². The third-order valence-electron chi connectivity index (χ3n) is 2.17. The zero-order chi connectivity index (χ0) is 12.3. The van der Waals surface area contributed by atoms with Crippen LogP contribution in [0.5, 0.6) is 0 Å². The van der Waals surface area contributed by atoms with E-state index in [1.165, 1.54) is 0 Å². The van der Waals surface area contributed by atoms with Gasteiger partial charge in [-0.2, -0.15) is 0 Å². The summed E-state index contributed by atoms with van der Waals surface area (Å²) in [6.07, 6.45) is 2.53. The number of rotatable bonds is 5. The quantitative estimate of drug-likeness (QED) is 0.806. The molecule has 3 N–H and O–H groups in total. The van der Waals surface area contributed by atoms with Crippen molar-refractivity contribution >= 4 is 6.01 Å². The molecule has 1 atom stereocenters. The topological polar surface area (TPSA) is 103 Å². The van der Waals surface area contributed by atoms with Gasteiger partial charge in [-0.05, 0) is 6.92 Å². The maximum atomic E-state index is 5.60. The van der Waals surface area contributed by atoms with E-state index in [9.17, 15) is 0 Å². The van der Waals surface area contributed by atoms with Crippen molar-refractivity contribution in [3.63, 3.8) is 0 Å². The van der Waals surface area contributed by atoms with Gasteiger partial charge in [0.1, 0.15) is 5.76 Å². The number of nitrogens with zero attached hydrogens (tertiary/aromatic N) is 3. The molecular weight excluding hydrogens is 222 g/mol. The van der Waals surface area contributed by atoms with Gasteiger partial charge in [-0.3, -0.25) is 0 Å². The maximum absolute atomic E-state index is 5.60. The van der Waals surface area contributed by atoms with E-state index in [1.54, 1.807) is 13.1 Å². The number of oxazole rings is 1. The molecule has 2 heterocycles. The zero-order valence-corrected chi connectivity index (χ0v) is 9.80. The Labute approximate surface area is 98.4 Å². The lowest BCUT2D eigenvalue weighted by molar-refractivity contribution is 0.452. The van der Waals surface area contributed by atoms with Gasteiger partial charge in [0.05, 0.1) is 18.8 Å². The first-order chi connectivity index (χ1) is 8.19. The summed E-state index contributed by atoms with van der Waals surface area (Å²) < 4.78 is 10.7. The second kappa shape index (κ2) is 4.96. The highest BCUT2D eigenvalue weighted by Gasteiger charge is 2.10. The molecule has 2 rings (SSSR count). The van der Waals surface area contributed by atoms with Gasteiger partial charge >= 0.3 is 6.01 Å². The fourth-order valence-corrected chi connectivity index (χ4v) is 1.23. The van der Waals surface area contributed by atoms with Crippen LogP contribution in [0, 0.1) is 0 Å². The fraction of sp³-hybridized carbons (Fsp3) is 0.500. The Morgan fingerprint density at radius 3 is 2.82 bits per heavy atom. The lowest BCUT2D eigenvalue weighted by Crippen LogP contribution is -2.04. The van der Waals surface area contributed by atoms with Crippen molar-refractivity contribution in [3.8, 4) is 0 Å². The first kappa shape index (κ1) is 11.6. The van der Waals surface area contributed by atoms with Gasteiger partial charge in [0.25, 0.3) is 0 Å². The van der Waals surface area contributed by atoms with Crippen molar-refractivity contribution in [3.05, 3.63) is 23.7 Å². The monoisotopic (exact) mass is 237 g/mol. The largest absolute Gasteiger partial charge is 0.444 e. The molecule has 0 saturated heterocycles. The van der Waals surface area contributed by atoms with Crippen molar-refractivity contribution in [1.82, 2.24) is 15.2 Å². The lowest BCUT2D eigenvalue weighted by Gasteiger charge is -1.97. The second-order valence-electron chi connectivity index (χ2n) is 3.66. The summed E-state index contributed by atoms with van der Waals surface area (Å²) in [5, 5.41) is 10.5. The fourth-order valence-electron chi connectivity index (χ4n) is 1.23. The van der Waals surface area contributed by atoms with Crippen LogP contribution < -0.4 is 11.1 Å². The summed E-state index contributed by atoms with van der Waals surface area (Å²) in [5.41, 5.74) is 5.60. The van der Waals surface area contributed by atoms with Crippen molar-refractivity contribution in [2.75, 3.05) is 5.32 Å². The van der Waals surface area contributed by atoms with Crippen LogP contribution in [0.4, 0.5) is 6.01 Å². The SMILES string of the molecule is CCc1cnc(CNc2nnc(C(C)N)o2)o1. The maximum Gasteiger partial charge on any atom is 0.315 e. The van der Waals surface area contributed by atoms with E-state index in [1.807, 2.05) is 6.92 Å².